The van der Waals surface area contributed by atoms with Gasteiger partial charge in [-0.1, -0.05) is 83.6 Å². The lowest BCUT2D eigenvalue weighted by atomic mass is 10.1. The fourth-order valence-corrected chi connectivity index (χ4v) is 4.67. The molecule has 1 aromatic heterocycles. The van der Waals surface area contributed by atoms with E-state index in [1.807, 2.05) is 60.7 Å². The van der Waals surface area contributed by atoms with E-state index in [1.54, 1.807) is 24.3 Å². The molecule has 154 valence electrons. The summed E-state index contributed by atoms with van der Waals surface area (Å²) >= 11 is 8.49. The minimum atomic E-state index is -0.188. The van der Waals surface area contributed by atoms with Crippen molar-refractivity contribution in [2.75, 3.05) is 11.1 Å². The molecule has 0 saturated carbocycles. The second-order valence-corrected chi connectivity index (χ2v) is 9.03. The highest BCUT2D eigenvalue weighted by atomic mass is 35.5. The molecule has 31 heavy (non-hydrogen) atoms. The molecular formula is C24H17ClN2O2S2. The van der Waals surface area contributed by atoms with Crippen molar-refractivity contribution >= 4 is 51.5 Å². The first-order chi connectivity index (χ1) is 15.1. The summed E-state index contributed by atoms with van der Waals surface area (Å²) in [4.78, 5) is 31.6. The number of thiazole rings is 1. The van der Waals surface area contributed by atoms with Crippen LogP contribution in [-0.2, 0) is 4.79 Å². The number of nitrogens with zero attached hydrogens (tertiary/aromatic N) is 1. The van der Waals surface area contributed by atoms with Crippen LogP contribution in [0, 0.1) is 0 Å². The highest BCUT2D eigenvalue weighted by Gasteiger charge is 2.21. The fraction of sp³-hybridized carbons (Fsp3) is 0.0417. The first kappa shape index (κ1) is 21.3. The number of carbonyl (C=O) groups is 2. The number of benzene rings is 3. The van der Waals surface area contributed by atoms with Crippen LogP contribution < -0.4 is 5.32 Å². The maximum absolute atomic E-state index is 13.1. The Bertz CT molecular complexity index is 1190. The minimum absolute atomic E-state index is 0.118. The Balaban J connectivity index is 1.55. The van der Waals surface area contributed by atoms with Crippen LogP contribution >= 0.6 is 34.7 Å². The van der Waals surface area contributed by atoms with Crippen LogP contribution in [0.25, 0.3) is 11.3 Å². The molecular weight excluding hydrogens is 448 g/mol. The second-order valence-electron chi connectivity index (χ2n) is 6.55. The van der Waals surface area contributed by atoms with Crippen molar-refractivity contribution in [3.8, 4) is 11.3 Å². The first-order valence-electron chi connectivity index (χ1n) is 9.44. The van der Waals surface area contributed by atoms with Crippen molar-refractivity contribution in [1.82, 2.24) is 4.98 Å². The number of ketones is 1. The lowest BCUT2D eigenvalue weighted by Crippen LogP contribution is -2.13. The SMILES string of the molecule is O=C(CSc1ccc(Cl)cc1)Nc1nc(-c2ccccc2)c(C(=O)c2ccccc2)s1. The summed E-state index contributed by atoms with van der Waals surface area (Å²) in [5.74, 6) is -0.0795. The molecule has 0 aliphatic carbocycles. The molecule has 0 spiro atoms. The maximum Gasteiger partial charge on any atom is 0.236 e. The van der Waals surface area contributed by atoms with Crippen molar-refractivity contribution in [2.45, 2.75) is 4.90 Å². The number of nitrogens with one attached hydrogen (secondary N) is 1. The van der Waals surface area contributed by atoms with Gasteiger partial charge in [0.15, 0.2) is 5.13 Å². The number of thioether (sulfide) groups is 1. The summed E-state index contributed by atoms with van der Waals surface area (Å²) in [6.07, 6.45) is 0. The number of rotatable bonds is 7. The fourth-order valence-electron chi connectivity index (χ4n) is 2.87. The average Bonchev–Trinajstić information content (AvgIpc) is 3.23. The quantitative estimate of drug-likeness (QED) is 0.253. The molecule has 0 saturated heterocycles. The third kappa shape index (κ3) is 5.41. The molecule has 0 radical (unpaired) electrons. The van der Waals surface area contributed by atoms with E-state index in [0.29, 0.717) is 26.3 Å². The van der Waals surface area contributed by atoms with Gasteiger partial charge in [0.1, 0.15) is 4.88 Å². The van der Waals surface area contributed by atoms with E-state index in [-0.39, 0.29) is 17.4 Å². The molecule has 4 nitrogen and oxygen atoms in total. The molecule has 0 aliphatic rings. The number of hydrogen-bond acceptors (Lipinski definition) is 5. The molecule has 7 heteroatoms. The Labute approximate surface area is 193 Å². The lowest BCUT2D eigenvalue weighted by molar-refractivity contribution is -0.113. The topological polar surface area (TPSA) is 59.1 Å². The van der Waals surface area contributed by atoms with Crippen LogP contribution in [0.15, 0.2) is 89.8 Å². The number of halogens is 1. The van der Waals surface area contributed by atoms with E-state index in [1.165, 1.54) is 23.1 Å². The largest absolute Gasteiger partial charge is 0.301 e. The zero-order valence-electron chi connectivity index (χ0n) is 16.2. The van der Waals surface area contributed by atoms with E-state index >= 15 is 0 Å². The summed E-state index contributed by atoms with van der Waals surface area (Å²) in [5.41, 5.74) is 1.98. The molecule has 0 bridgehead atoms. The average molecular weight is 465 g/mol. The lowest BCUT2D eigenvalue weighted by Gasteiger charge is -2.02. The van der Waals surface area contributed by atoms with E-state index in [4.69, 9.17) is 11.6 Å². The van der Waals surface area contributed by atoms with Crippen molar-refractivity contribution < 1.29 is 9.59 Å². The van der Waals surface area contributed by atoms with Gasteiger partial charge in [0, 0.05) is 21.0 Å². The third-order valence-electron chi connectivity index (χ3n) is 4.35. The number of anilines is 1. The van der Waals surface area contributed by atoms with Crippen LogP contribution in [0.1, 0.15) is 15.2 Å². The van der Waals surface area contributed by atoms with E-state index in [0.717, 1.165) is 10.5 Å². The second kappa shape index (κ2) is 9.92. The van der Waals surface area contributed by atoms with Crippen molar-refractivity contribution in [2.24, 2.45) is 0 Å². The van der Waals surface area contributed by atoms with Gasteiger partial charge in [0.2, 0.25) is 11.7 Å². The first-order valence-corrected chi connectivity index (χ1v) is 11.6. The molecule has 1 heterocycles. The molecule has 0 fully saturated rings. The van der Waals surface area contributed by atoms with Gasteiger partial charge in [-0.05, 0) is 24.3 Å². The van der Waals surface area contributed by atoms with Gasteiger partial charge in [-0.2, -0.15) is 0 Å². The zero-order valence-corrected chi connectivity index (χ0v) is 18.6. The van der Waals surface area contributed by atoms with E-state index in [2.05, 4.69) is 10.3 Å². The van der Waals surface area contributed by atoms with Crippen LogP contribution in [0.5, 0.6) is 0 Å². The number of hydrogen-bond donors (Lipinski definition) is 1. The van der Waals surface area contributed by atoms with Gasteiger partial charge in [-0.3, -0.25) is 9.59 Å². The standard InChI is InChI=1S/C24H17ClN2O2S2/c25-18-11-13-19(14-12-18)30-15-20(28)26-24-27-21(16-7-3-1-4-8-16)23(31-24)22(29)17-9-5-2-6-10-17/h1-14H,15H2,(H,26,27,28). The predicted octanol–water partition coefficient (Wildman–Crippen LogP) is 6.43. The van der Waals surface area contributed by atoms with Crippen molar-refractivity contribution in [1.29, 1.82) is 0 Å². The normalized spacial score (nSPS) is 10.6. The number of aromatic nitrogens is 1. The summed E-state index contributed by atoms with van der Waals surface area (Å²) in [6.45, 7) is 0. The summed E-state index contributed by atoms with van der Waals surface area (Å²) in [6, 6.07) is 25.9. The van der Waals surface area contributed by atoms with E-state index in [9.17, 15) is 9.59 Å². The predicted molar refractivity (Wildman–Crippen MR) is 128 cm³/mol. The molecule has 0 unspecified atom stereocenters. The smallest absolute Gasteiger partial charge is 0.236 e. The highest BCUT2D eigenvalue weighted by molar-refractivity contribution is 8.00. The number of amides is 1. The Morgan fingerprint density at radius 1 is 0.903 bits per heavy atom. The highest BCUT2D eigenvalue weighted by Crippen LogP contribution is 2.33. The molecule has 4 rings (SSSR count). The Hall–Kier alpha value is -2.93. The Morgan fingerprint density at radius 3 is 2.23 bits per heavy atom. The van der Waals surface area contributed by atoms with Gasteiger partial charge in [-0.25, -0.2) is 4.98 Å². The van der Waals surface area contributed by atoms with Crippen LogP contribution in [0.2, 0.25) is 5.02 Å². The molecule has 1 amide bonds. The van der Waals surface area contributed by atoms with Crippen LogP contribution in [0.3, 0.4) is 0 Å². The van der Waals surface area contributed by atoms with Crippen LogP contribution in [-0.4, -0.2) is 22.4 Å². The third-order valence-corrected chi connectivity index (χ3v) is 6.58. The number of carbonyl (C=O) groups excluding carboxylic acids is 2. The molecule has 0 atom stereocenters. The van der Waals surface area contributed by atoms with Gasteiger partial charge < -0.3 is 5.32 Å². The zero-order chi connectivity index (χ0) is 21.6. The molecule has 1 N–H and O–H groups in total. The summed E-state index contributed by atoms with van der Waals surface area (Å²) < 4.78 is 0. The van der Waals surface area contributed by atoms with Crippen molar-refractivity contribution in [3.63, 3.8) is 0 Å². The monoisotopic (exact) mass is 464 g/mol. The van der Waals surface area contributed by atoms with Gasteiger partial charge >= 0.3 is 0 Å². The van der Waals surface area contributed by atoms with Gasteiger partial charge in [-0.15, -0.1) is 11.8 Å². The van der Waals surface area contributed by atoms with Gasteiger partial charge in [0.05, 0.1) is 11.4 Å². The molecule has 3 aromatic carbocycles. The summed E-state index contributed by atoms with van der Waals surface area (Å²) in [7, 11) is 0. The maximum atomic E-state index is 13.1. The summed E-state index contributed by atoms with van der Waals surface area (Å²) in [5, 5.41) is 3.89. The molecule has 0 aliphatic heterocycles. The van der Waals surface area contributed by atoms with Gasteiger partial charge in [0.25, 0.3) is 0 Å². The Kier molecular flexibility index (Phi) is 6.82. The van der Waals surface area contributed by atoms with Crippen molar-refractivity contribution in [3.05, 3.63) is 100 Å². The van der Waals surface area contributed by atoms with E-state index < -0.39 is 0 Å². The minimum Gasteiger partial charge on any atom is -0.301 e. The van der Waals surface area contributed by atoms with Crippen LogP contribution in [0.4, 0.5) is 5.13 Å². The molecule has 4 aromatic rings. The Morgan fingerprint density at radius 2 is 1.55 bits per heavy atom.